The van der Waals surface area contributed by atoms with Gasteiger partial charge in [-0.3, -0.25) is 5.10 Å². The number of hydrogen-bond donors (Lipinski definition) is 1. The van der Waals surface area contributed by atoms with Crippen molar-refractivity contribution in [2.75, 3.05) is 7.11 Å². The highest BCUT2D eigenvalue weighted by molar-refractivity contribution is 7.71. The predicted molar refractivity (Wildman–Crippen MR) is 108 cm³/mol. The zero-order valence-corrected chi connectivity index (χ0v) is 16.5. The Balaban J connectivity index is 1.77. The number of ether oxygens (including phenoxy) is 2. The first-order chi connectivity index (χ1) is 13.6. The Kier molecular flexibility index (Phi) is 6.54. The van der Waals surface area contributed by atoms with Crippen LogP contribution in [-0.4, -0.2) is 28.2 Å². The fourth-order valence-electron chi connectivity index (χ4n) is 2.61. The zero-order valence-electron chi connectivity index (χ0n) is 15.7. The van der Waals surface area contributed by atoms with E-state index in [2.05, 4.69) is 22.2 Å². The molecule has 0 spiro atoms. The molecule has 146 valence electrons. The lowest BCUT2D eigenvalue weighted by Gasteiger charge is -2.11. The van der Waals surface area contributed by atoms with Gasteiger partial charge in [0, 0.05) is 12.0 Å². The highest BCUT2D eigenvalue weighted by Gasteiger charge is 2.08. The number of methoxy groups -OCH3 is 1. The van der Waals surface area contributed by atoms with Crippen LogP contribution in [0.15, 0.2) is 47.6 Å². The molecule has 8 heteroatoms. The van der Waals surface area contributed by atoms with Gasteiger partial charge in [-0.05, 0) is 48.5 Å². The first-order valence-corrected chi connectivity index (χ1v) is 9.28. The third kappa shape index (κ3) is 4.64. The van der Waals surface area contributed by atoms with Crippen LogP contribution in [0.3, 0.4) is 0 Å². The Labute approximate surface area is 167 Å². The van der Waals surface area contributed by atoms with Gasteiger partial charge in [0.25, 0.3) is 0 Å². The fraction of sp³-hybridized carbons (Fsp3) is 0.250. The molecule has 3 rings (SSSR count). The van der Waals surface area contributed by atoms with Crippen molar-refractivity contribution in [2.45, 2.75) is 26.4 Å². The van der Waals surface area contributed by atoms with Crippen molar-refractivity contribution in [3.63, 3.8) is 0 Å². The van der Waals surface area contributed by atoms with E-state index in [4.69, 9.17) is 21.7 Å². The Bertz CT molecular complexity index is 1030. The molecule has 0 fully saturated rings. The summed E-state index contributed by atoms with van der Waals surface area (Å²) in [6, 6.07) is 11.9. The smallest absolute Gasteiger partial charge is 0.216 e. The Morgan fingerprint density at radius 2 is 2.07 bits per heavy atom. The molecule has 0 radical (unpaired) electrons. The van der Waals surface area contributed by atoms with Crippen molar-refractivity contribution >= 4 is 18.4 Å². The number of aryl methyl sites for hydroxylation is 1. The van der Waals surface area contributed by atoms with Crippen molar-refractivity contribution in [3.05, 3.63) is 70.0 Å². The lowest BCUT2D eigenvalue weighted by Crippen LogP contribution is -2.01. The van der Waals surface area contributed by atoms with E-state index in [-0.39, 0.29) is 12.4 Å². The number of nitrogens with one attached hydrogen (secondary N) is 1. The number of benzene rings is 2. The molecule has 0 atom stereocenters. The molecular formula is C20H21FN4O2S. The molecule has 0 aliphatic carbocycles. The summed E-state index contributed by atoms with van der Waals surface area (Å²) < 4.78 is 26.9. The van der Waals surface area contributed by atoms with E-state index in [9.17, 15) is 4.39 Å². The average Bonchev–Trinajstić information content (AvgIpc) is 3.05. The largest absolute Gasteiger partial charge is 0.493 e. The van der Waals surface area contributed by atoms with Crippen molar-refractivity contribution in [1.82, 2.24) is 14.9 Å². The fourth-order valence-corrected chi connectivity index (χ4v) is 2.81. The molecule has 28 heavy (non-hydrogen) atoms. The molecule has 1 aromatic heterocycles. The molecule has 0 unspecified atom stereocenters. The van der Waals surface area contributed by atoms with Crippen LogP contribution in [-0.2, 0) is 13.0 Å². The summed E-state index contributed by atoms with van der Waals surface area (Å²) in [7, 11) is 1.55. The molecule has 0 amide bonds. The maximum absolute atomic E-state index is 13.7. The topological polar surface area (TPSA) is 64.4 Å². The van der Waals surface area contributed by atoms with Gasteiger partial charge < -0.3 is 9.47 Å². The quantitative estimate of drug-likeness (QED) is 0.447. The summed E-state index contributed by atoms with van der Waals surface area (Å²) in [6.07, 6.45) is 3.39. The molecule has 2 aromatic carbocycles. The lowest BCUT2D eigenvalue weighted by molar-refractivity contribution is 0.279. The van der Waals surface area contributed by atoms with Crippen LogP contribution in [0.25, 0.3) is 0 Å². The number of rotatable bonds is 8. The monoisotopic (exact) mass is 400 g/mol. The number of nitrogens with zero attached hydrogens (tertiary/aromatic N) is 3. The number of aromatic amines is 1. The van der Waals surface area contributed by atoms with Gasteiger partial charge in [0.05, 0.1) is 13.3 Å². The van der Waals surface area contributed by atoms with E-state index in [1.54, 1.807) is 48.3 Å². The minimum atomic E-state index is -0.301. The summed E-state index contributed by atoms with van der Waals surface area (Å²) in [4.78, 5) is 0. The first kappa shape index (κ1) is 19.8. The minimum Gasteiger partial charge on any atom is -0.493 e. The highest BCUT2D eigenvalue weighted by atomic mass is 32.1. The minimum absolute atomic E-state index is 0.112. The van der Waals surface area contributed by atoms with Crippen LogP contribution in [0.1, 0.15) is 30.3 Å². The van der Waals surface area contributed by atoms with E-state index in [1.165, 1.54) is 6.07 Å². The van der Waals surface area contributed by atoms with Gasteiger partial charge in [-0.1, -0.05) is 25.1 Å². The highest BCUT2D eigenvalue weighted by Crippen LogP contribution is 2.28. The molecule has 3 aromatic rings. The van der Waals surface area contributed by atoms with Gasteiger partial charge in [0.2, 0.25) is 4.77 Å². The van der Waals surface area contributed by atoms with E-state index in [0.717, 1.165) is 24.2 Å². The normalized spacial score (nSPS) is 11.1. The van der Waals surface area contributed by atoms with E-state index < -0.39 is 0 Å². The van der Waals surface area contributed by atoms with Gasteiger partial charge in [0.1, 0.15) is 12.4 Å². The molecule has 0 aliphatic heterocycles. The van der Waals surface area contributed by atoms with Gasteiger partial charge in [-0.15, -0.1) is 0 Å². The number of hydrogen-bond acceptors (Lipinski definition) is 5. The first-order valence-electron chi connectivity index (χ1n) is 8.87. The second-order valence-electron chi connectivity index (χ2n) is 6.04. The van der Waals surface area contributed by atoms with Gasteiger partial charge in [-0.25, -0.2) is 4.39 Å². The Morgan fingerprint density at radius 1 is 1.25 bits per heavy atom. The van der Waals surface area contributed by atoms with E-state index in [0.29, 0.717) is 21.8 Å². The van der Waals surface area contributed by atoms with E-state index in [1.807, 2.05) is 6.07 Å². The Morgan fingerprint density at radius 3 is 2.82 bits per heavy atom. The standard InChI is InChI=1S/C20H21FN4O2S/c1-3-6-19-23-24-20(28)25(19)22-12-14-9-10-17(18(11-14)26-2)27-13-15-7-4-5-8-16(15)21/h4-5,7-12H,3,6,13H2,1-2H3,(H,24,28)/b22-12-. The molecule has 0 bridgehead atoms. The summed E-state index contributed by atoms with van der Waals surface area (Å²) in [5, 5.41) is 11.3. The molecule has 6 nitrogen and oxygen atoms in total. The van der Waals surface area contributed by atoms with Crippen LogP contribution in [0.4, 0.5) is 4.39 Å². The third-order valence-corrected chi connectivity index (χ3v) is 4.31. The van der Waals surface area contributed by atoms with Crippen LogP contribution >= 0.6 is 12.2 Å². The van der Waals surface area contributed by atoms with Crippen LogP contribution in [0.2, 0.25) is 0 Å². The Hall–Kier alpha value is -3.00. The van der Waals surface area contributed by atoms with Crippen LogP contribution in [0.5, 0.6) is 11.5 Å². The summed E-state index contributed by atoms with van der Waals surface area (Å²) in [6.45, 7) is 2.18. The average molecular weight is 400 g/mol. The summed E-state index contributed by atoms with van der Waals surface area (Å²) in [5.41, 5.74) is 1.29. The number of H-pyrrole nitrogens is 1. The maximum atomic E-state index is 13.7. The zero-order chi connectivity index (χ0) is 19.9. The second kappa shape index (κ2) is 9.27. The second-order valence-corrected chi connectivity index (χ2v) is 6.43. The van der Waals surface area contributed by atoms with Gasteiger partial charge >= 0.3 is 0 Å². The molecule has 0 aliphatic rings. The van der Waals surface area contributed by atoms with Crippen molar-refractivity contribution in [2.24, 2.45) is 5.10 Å². The predicted octanol–water partition coefficient (Wildman–Crippen LogP) is 4.50. The molecule has 0 saturated carbocycles. The van der Waals surface area contributed by atoms with Crippen molar-refractivity contribution in [3.8, 4) is 11.5 Å². The summed E-state index contributed by atoms with van der Waals surface area (Å²) >= 11 is 5.22. The number of halogens is 1. The number of aromatic nitrogens is 3. The van der Waals surface area contributed by atoms with Crippen LogP contribution < -0.4 is 9.47 Å². The third-order valence-electron chi connectivity index (χ3n) is 4.04. The van der Waals surface area contributed by atoms with E-state index >= 15 is 0 Å². The van der Waals surface area contributed by atoms with Crippen molar-refractivity contribution < 1.29 is 13.9 Å². The molecule has 1 N–H and O–H groups in total. The summed E-state index contributed by atoms with van der Waals surface area (Å²) in [5.74, 6) is 1.53. The van der Waals surface area contributed by atoms with Gasteiger partial charge in [0.15, 0.2) is 17.3 Å². The van der Waals surface area contributed by atoms with Gasteiger partial charge in [-0.2, -0.15) is 14.9 Å². The molecular weight excluding hydrogens is 379 g/mol. The molecule has 0 saturated heterocycles. The van der Waals surface area contributed by atoms with Crippen molar-refractivity contribution in [1.29, 1.82) is 0 Å². The SMILES string of the molecule is CCCc1n[nH]c(=S)n1/N=C\c1ccc(OCc2ccccc2F)c(OC)c1. The van der Waals surface area contributed by atoms with Crippen LogP contribution in [0, 0.1) is 10.6 Å². The molecule has 1 heterocycles. The maximum Gasteiger partial charge on any atom is 0.216 e. The lowest BCUT2D eigenvalue weighted by atomic mass is 10.2.